The van der Waals surface area contributed by atoms with E-state index in [1.165, 1.54) is 0 Å². The number of aromatic hydroxyl groups is 1. The summed E-state index contributed by atoms with van der Waals surface area (Å²) < 4.78 is 11.7. The molecule has 0 fully saturated rings. The molecular weight excluding hydrogens is 288 g/mol. The molecule has 0 aromatic heterocycles. The molecule has 0 aliphatic carbocycles. The molecule has 1 atom stereocenters. The molecule has 0 saturated heterocycles. The van der Waals surface area contributed by atoms with Crippen molar-refractivity contribution in [3.8, 4) is 17.2 Å². The van der Waals surface area contributed by atoms with Crippen LogP contribution in [0.15, 0.2) is 10.5 Å². The van der Waals surface area contributed by atoms with Crippen molar-refractivity contribution in [2.24, 2.45) is 0 Å². The second-order valence-corrected chi connectivity index (χ2v) is 4.97. The first-order valence-electron chi connectivity index (χ1n) is 5.57. The van der Waals surface area contributed by atoms with E-state index >= 15 is 0 Å². The molecule has 1 unspecified atom stereocenters. The predicted octanol–water partition coefficient (Wildman–Crippen LogP) is 2.24. The third-order valence-corrected chi connectivity index (χ3v) is 3.16. The van der Waals surface area contributed by atoms with Crippen LogP contribution >= 0.6 is 15.9 Å². The molecule has 2 N–H and O–H groups in total. The largest absolute Gasteiger partial charge is 0.506 e. The monoisotopic (exact) mass is 302 g/mol. The lowest BCUT2D eigenvalue weighted by atomic mass is 10.1. The molecule has 17 heavy (non-hydrogen) atoms. The van der Waals surface area contributed by atoms with Crippen LogP contribution in [-0.4, -0.2) is 29.5 Å². The SMILES string of the molecule is CC(O)Cc1c(O)c(Br)cc2c1OCCCO2. The van der Waals surface area contributed by atoms with Crippen LogP contribution in [0.4, 0.5) is 0 Å². The van der Waals surface area contributed by atoms with Gasteiger partial charge in [-0.25, -0.2) is 0 Å². The number of hydrogen-bond acceptors (Lipinski definition) is 4. The van der Waals surface area contributed by atoms with Gasteiger partial charge in [0.05, 0.1) is 23.8 Å². The van der Waals surface area contributed by atoms with Crippen LogP contribution in [0, 0.1) is 0 Å². The van der Waals surface area contributed by atoms with Gasteiger partial charge in [0, 0.05) is 24.5 Å². The standard InChI is InChI=1S/C12H15BrO4/c1-7(14)5-8-11(15)9(13)6-10-12(8)17-4-2-3-16-10/h6-7,14-15H,2-5H2,1H3. The van der Waals surface area contributed by atoms with E-state index in [0.29, 0.717) is 41.2 Å². The molecule has 2 rings (SSSR count). The lowest BCUT2D eigenvalue weighted by molar-refractivity contribution is 0.192. The molecule has 0 radical (unpaired) electrons. The maximum atomic E-state index is 10.0. The quantitative estimate of drug-likeness (QED) is 0.880. The molecule has 0 amide bonds. The first kappa shape index (κ1) is 12.5. The highest BCUT2D eigenvalue weighted by atomic mass is 79.9. The Bertz CT molecular complexity index is 417. The number of phenols is 1. The van der Waals surface area contributed by atoms with Gasteiger partial charge >= 0.3 is 0 Å². The molecule has 94 valence electrons. The van der Waals surface area contributed by atoms with Gasteiger partial charge in [-0.1, -0.05) is 0 Å². The zero-order valence-electron chi connectivity index (χ0n) is 9.57. The first-order valence-corrected chi connectivity index (χ1v) is 6.37. The van der Waals surface area contributed by atoms with Gasteiger partial charge < -0.3 is 19.7 Å². The van der Waals surface area contributed by atoms with Crippen molar-refractivity contribution in [1.82, 2.24) is 0 Å². The fraction of sp³-hybridized carbons (Fsp3) is 0.500. The molecule has 0 spiro atoms. The predicted molar refractivity (Wildman–Crippen MR) is 66.8 cm³/mol. The Balaban J connectivity index is 2.49. The van der Waals surface area contributed by atoms with Crippen molar-refractivity contribution in [3.05, 3.63) is 16.1 Å². The first-order chi connectivity index (χ1) is 8.09. The highest BCUT2D eigenvalue weighted by molar-refractivity contribution is 9.10. The van der Waals surface area contributed by atoms with Gasteiger partial charge in [-0.3, -0.25) is 0 Å². The van der Waals surface area contributed by atoms with Crippen molar-refractivity contribution in [1.29, 1.82) is 0 Å². The zero-order valence-corrected chi connectivity index (χ0v) is 11.2. The van der Waals surface area contributed by atoms with E-state index in [1.807, 2.05) is 0 Å². The summed E-state index contributed by atoms with van der Waals surface area (Å²) in [7, 11) is 0. The summed E-state index contributed by atoms with van der Waals surface area (Å²) in [6, 6.07) is 1.70. The lowest BCUT2D eigenvalue weighted by Gasteiger charge is -2.16. The van der Waals surface area contributed by atoms with E-state index in [-0.39, 0.29) is 5.75 Å². The van der Waals surface area contributed by atoms with E-state index in [1.54, 1.807) is 13.0 Å². The number of ether oxygens (including phenoxy) is 2. The second-order valence-electron chi connectivity index (χ2n) is 4.12. The third-order valence-electron chi connectivity index (χ3n) is 2.56. The molecule has 1 heterocycles. The Kier molecular flexibility index (Phi) is 3.79. The molecule has 5 heteroatoms. The summed E-state index contributed by atoms with van der Waals surface area (Å²) in [6.45, 7) is 2.82. The van der Waals surface area contributed by atoms with Crippen molar-refractivity contribution < 1.29 is 19.7 Å². The average Bonchev–Trinajstić information content (AvgIpc) is 2.49. The summed E-state index contributed by atoms with van der Waals surface area (Å²) in [6.07, 6.45) is 0.587. The molecule has 0 saturated carbocycles. The van der Waals surface area contributed by atoms with Crippen molar-refractivity contribution in [3.63, 3.8) is 0 Å². The molecule has 1 aliphatic rings. The molecule has 1 aromatic rings. The fourth-order valence-electron chi connectivity index (χ4n) is 1.81. The normalized spacial score (nSPS) is 16.4. The summed E-state index contributed by atoms with van der Waals surface area (Å²) >= 11 is 3.27. The molecule has 0 bridgehead atoms. The Morgan fingerprint density at radius 3 is 2.82 bits per heavy atom. The van der Waals surface area contributed by atoms with Crippen LogP contribution in [0.2, 0.25) is 0 Å². The number of halogens is 1. The summed E-state index contributed by atoms with van der Waals surface area (Å²) in [4.78, 5) is 0. The molecule has 1 aliphatic heterocycles. The van der Waals surface area contributed by atoms with Crippen LogP contribution in [0.25, 0.3) is 0 Å². The number of rotatable bonds is 2. The summed E-state index contributed by atoms with van der Waals surface area (Å²) in [5.41, 5.74) is 0.589. The number of benzene rings is 1. The molecule has 4 nitrogen and oxygen atoms in total. The third kappa shape index (κ3) is 2.66. The van der Waals surface area contributed by atoms with Crippen LogP contribution < -0.4 is 9.47 Å². The van der Waals surface area contributed by atoms with Gasteiger partial charge in [-0.15, -0.1) is 0 Å². The Hall–Kier alpha value is -0.940. The number of phenolic OH excluding ortho intramolecular Hbond substituents is 1. The van der Waals surface area contributed by atoms with Gasteiger partial charge in [0.15, 0.2) is 11.5 Å². The molecule has 1 aromatic carbocycles. The Morgan fingerprint density at radius 1 is 1.41 bits per heavy atom. The van der Waals surface area contributed by atoms with E-state index in [9.17, 15) is 10.2 Å². The van der Waals surface area contributed by atoms with Crippen molar-refractivity contribution in [2.45, 2.75) is 25.9 Å². The minimum Gasteiger partial charge on any atom is -0.506 e. The Labute approximate surface area is 108 Å². The number of aliphatic hydroxyl groups excluding tert-OH is 1. The zero-order chi connectivity index (χ0) is 12.4. The molecular formula is C12H15BrO4. The van der Waals surface area contributed by atoms with Gasteiger partial charge in [0.25, 0.3) is 0 Å². The Morgan fingerprint density at radius 2 is 2.12 bits per heavy atom. The van der Waals surface area contributed by atoms with E-state index in [4.69, 9.17) is 9.47 Å². The highest BCUT2D eigenvalue weighted by Gasteiger charge is 2.22. The van der Waals surface area contributed by atoms with E-state index < -0.39 is 6.10 Å². The number of aliphatic hydroxyl groups is 1. The maximum absolute atomic E-state index is 10.0. The maximum Gasteiger partial charge on any atom is 0.168 e. The highest BCUT2D eigenvalue weighted by Crippen LogP contribution is 2.43. The van der Waals surface area contributed by atoms with E-state index in [2.05, 4.69) is 15.9 Å². The van der Waals surface area contributed by atoms with Crippen LogP contribution in [0.1, 0.15) is 18.9 Å². The van der Waals surface area contributed by atoms with Gasteiger partial charge in [0.1, 0.15) is 5.75 Å². The van der Waals surface area contributed by atoms with Gasteiger partial charge in [0.2, 0.25) is 0 Å². The lowest BCUT2D eigenvalue weighted by Crippen LogP contribution is -2.07. The van der Waals surface area contributed by atoms with Gasteiger partial charge in [-0.05, 0) is 22.9 Å². The van der Waals surface area contributed by atoms with Crippen molar-refractivity contribution >= 4 is 15.9 Å². The number of hydrogen-bond donors (Lipinski definition) is 2. The second kappa shape index (κ2) is 5.14. The average molecular weight is 303 g/mol. The van der Waals surface area contributed by atoms with Crippen LogP contribution in [-0.2, 0) is 6.42 Å². The van der Waals surface area contributed by atoms with Crippen molar-refractivity contribution in [2.75, 3.05) is 13.2 Å². The number of fused-ring (bicyclic) bond motifs is 1. The minimum atomic E-state index is -0.550. The topological polar surface area (TPSA) is 58.9 Å². The smallest absolute Gasteiger partial charge is 0.168 e. The fourth-order valence-corrected chi connectivity index (χ4v) is 2.26. The van der Waals surface area contributed by atoms with Crippen LogP contribution in [0.3, 0.4) is 0 Å². The van der Waals surface area contributed by atoms with E-state index in [0.717, 1.165) is 6.42 Å². The minimum absolute atomic E-state index is 0.107. The summed E-state index contributed by atoms with van der Waals surface area (Å²) in [5, 5.41) is 19.5. The van der Waals surface area contributed by atoms with Crippen LogP contribution in [0.5, 0.6) is 17.2 Å². The summed E-state index contributed by atoms with van der Waals surface area (Å²) in [5.74, 6) is 1.27. The van der Waals surface area contributed by atoms with Gasteiger partial charge in [-0.2, -0.15) is 0 Å².